The molecule has 0 bridgehead atoms. The minimum atomic E-state index is -0.747. The predicted octanol–water partition coefficient (Wildman–Crippen LogP) is 2.24. The summed E-state index contributed by atoms with van der Waals surface area (Å²) in [6.07, 6.45) is 1.99. The first-order valence-corrected chi connectivity index (χ1v) is 12.7. The largest absolute Gasteiger partial charge is 0.508 e. The number of methoxy groups -OCH3 is 1. The van der Waals surface area contributed by atoms with E-state index < -0.39 is 18.3 Å². The molecule has 1 aliphatic carbocycles. The smallest absolute Gasteiger partial charge is 0.445 e. The number of benzene rings is 1. The van der Waals surface area contributed by atoms with Crippen molar-refractivity contribution in [3.8, 4) is 0 Å². The third-order valence-corrected chi connectivity index (χ3v) is 7.90. The number of piperazine rings is 1. The molecular formula is C26H37N3O7. The Hall–Kier alpha value is -2.85. The van der Waals surface area contributed by atoms with E-state index in [1.54, 1.807) is 11.8 Å². The predicted molar refractivity (Wildman–Crippen MR) is 130 cm³/mol. The van der Waals surface area contributed by atoms with Gasteiger partial charge in [-0.25, -0.2) is 9.59 Å². The lowest BCUT2D eigenvalue weighted by Gasteiger charge is -2.42. The van der Waals surface area contributed by atoms with Gasteiger partial charge >= 0.3 is 12.2 Å². The van der Waals surface area contributed by atoms with Gasteiger partial charge in [0.2, 0.25) is 5.91 Å². The van der Waals surface area contributed by atoms with Crippen LogP contribution in [0.25, 0.3) is 0 Å². The fraction of sp³-hybridized carbons (Fsp3) is 0.654. The van der Waals surface area contributed by atoms with Crippen LogP contribution < -0.4 is 0 Å². The second-order valence-electron chi connectivity index (χ2n) is 10.1. The summed E-state index contributed by atoms with van der Waals surface area (Å²) in [5.74, 6) is -0.138. The third kappa shape index (κ3) is 6.10. The summed E-state index contributed by atoms with van der Waals surface area (Å²) in [6, 6.07) is 8.65. The Morgan fingerprint density at radius 1 is 1.11 bits per heavy atom. The molecule has 1 spiro atoms. The van der Waals surface area contributed by atoms with Crippen molar-refractivity contribution in [2.24, 2.45) is 5.41 Å². The lowest BCUT2D eigenvalue weighted by Crippen LogP contribution is -2.58. The van der Waals surface area contributed by atoms with Crippen LogP contribution in [0.3, 0.4) is 0 Å². The zero-order valence-corrected chi connectivity index (χ0v) is 21.1. The first kappa shape index (κ1) is 26.2. The number of nitrogens with zero attached hydrogens (tertiary/aromatic N) is 3. The van der Waals surface area contributed by atoms with Crippen LogP contribution in [-0.2, 0) is 25.6 Å². The van der Waals surface area contributed by atoms with E-state index in [0.29, 0.717) is 32.6 Å². The van der Waals surface area contributed by atoms with Gasteiger partial charge in [-0.2, -0.15) is 0 Å². The fourth-order valence-corrected chi connectivity index (χ4v) is 5.22. The highest BCUT2D eigenvalue weighted by molar-refractivity contribution is 5.86. The number of carbonyl (C=O) groups is 3. The molecule has 1 aromatic carbocycles. The van der Waals surface area contributed by atoms with Crippen LogP contribution in [0.1, 0.15) is 38.2 Å². The van der Waals surface area contributed by atoms with Gasteiger partial charge < -0.3 is 24.2 Å². The quantitative estimate of drug-likeness (QED) is 0.538. The van der Waals surface area contributed by atoms with Crippen molar-refractivity contribution in [2.45, 2.75) is 57.4 Å². The normalized spacial score (nSPS) is 24.4. The highest BCUT2D eigenvalue weighted by Gasteiger charge is 2.52. The average Bonchev–Trinajstić information content (AvgIpc) is 3.68. The zero-order chi connectivity index (χ0) is 25.7. The summed E-state index contributed by atoms with van der Waals surface area (Å²) in [7, 11) is 1.27. The molecule has 2 amide bonds. The van der Waals surface area contributed by atoms with Gasteiger partial charge in [0, 0.05) is 32.2 Å². The summed E-state index contributed by atoms with van der Waals surface area (Å²) in [5, 5.41) is 10.6. The second kappa shape index (κ2) is 11.5. The Bertz CT molecular complexity index is 923. The van der Waals surface area contributed by atoms with Crippen molar-refractivity contribution in [1.82, 2.24) is 14.7 Å². The molecule has 10 nitrogen and oxygen atoms in total. The monoisotopic (exact) mass is 503 g/mol. The van der Waals surface area contributed by atoms with Gasteiger partial charge in [-0.15, -0.1) is 0 Å². The van der Waals surface area contributed by atoms with Crippen LogP contribution in [0.5, 0.6) is 0 Å². The van der Waals surface area contributed by atoms with Crippen LogP contribution in [0.4, 0.5) is 9.59 Å². The van der Waals surface area contributed by atoms with Crippen LogP contribution in [0, 0.1) is 5.41 Å². The third-order valence-electron chi connectivity index (χ3n) is 7.90. The van der Waals surface area contributed by atoms with E-state index in [0.717, 1.165) is 31.4 Å². The number of hydrogen-bond donors (Lipinski definition) is 1. The van der Waals surface area contributed by atoms with Crippen LogP contribution in [-0.4, -0.2) is 103 Å². The highest BCUT2D eigenvalue weighted by Crippen LogP contribution is 2.53. The van der Waals surface area contributed by atoms with E-state index in [9.17, 15) is 19.5 Å². The van der Waals surface area contributed by atoms with Crippen molar-refractivity contribution in [2.75, 3.05) is 46.4 Å². The Kier molecular flexibility index (Phi) is 8.35. The number of carbonyl (C=O) groups excluding carboxylic acids is 3. The molecule has 1 saturated carbocycles. The van der Waals surface area contributed by atoms with Gasteiger partial charge in [0.25, 0.3) is 0 Å². The molecular weight excluding hydrogens is 466 g/mol. The number of rotatable bonds is 8. The molecule has 0 radical (unpaired) electrons. The zero-order valence-electron chi connectivity index (χ0n) is 21.1. The van der Waals surface area contributed by atoms with Gasteiger partial charge in [0.1, 0.15) is 19.3 Å². The maximum absolute atomic E-state index is 13.1. The number of piperidine rings is 1. The maximum Gasteiger partial charge on any atom is 0.508 e. The number of likely N-dealkylation sites (tertiary alicyclic amines) is 1. The number of aliphatic hydroxyl groups is 1. The second-order valence-corrected chi connectivity index (χ2v) is 10.1. The Balaban J connectivity index is 1.30. The molecule has 4 rings (SSSR count). The first-order chi connectivity index (χ1) is 17.3. The fourth-order valence-electron chi connectivity index (χ4n) is 5.22. The molecule has 3 aliphatic rings. The van der Waals surface area contributed by atoms with E-state index in [2.05, 4.69) is 9.64 Å². The first-order valence-electron chi connectivity index (χ1n) is 12.7. The topological polar surface area (TPSA) is 109 Å². The van der Waals surface area contributed by atoms with Gasteiger partial charge in [0.05, 0.1) is 13.2 Å². The van der Waals surface area contributed by atoms with E-state index >= 15 is 0 Å². The standard InChI is InChI=1S/C26H37N3O7/c1-19-23(31)27(14-15-29(19)24(32)35-17-20-6-4-3-5-7-20)12-8-21(18-36-25(33)34-2)28-13-11-26(9-10-26)22(30)16-28/h3-7,19,21-22,30H,8-18H2,1-2H3/t19-,21-,22+/m0/s1. The summed E-state index contributed by atoms with van der Waals surface area (Å²) < 4.78 is 15.3. The molecule has 10 heteroatoms. The molecule has 3 atom stereocenters. The Morgan fingerprint density at radius 3 is 2.53 bits per heavy atom. The molecule has 0 aromatic heterocycles. The van der Waals surface area contributed by atoms with Crippen LogP contribution >= 0.6 is 0 Å². The van der Waals surface area contributed by atoms with Crippen molar-refractivity contribution in [1.29, 1.82) is 0 Å². The summed E-state index contributed by atoms with van der Waals surface area (Å²) >= 11 is 0. The molecule has 2 aliphatic heterocycles. The van der Waals surface area contributed by atoms with Crippen molar-refractivity contribution in [3.63, 3.8) is 0 Å². The summed E-state index contributed by atoms with van der Waals surface area (Å²) in [5.41, 5.74) is 0.959. The molecule has 198 valence electrons. The summed E-state index contributed by atoms with van der Waals surface area (Å²) in [4.78, 5) is 42.7. The minimum Gasteiger partial charge on any atom is -0.445 e. The van der Waals surface area contributed by atoms with Crippen molar-refractivity contribution < 1.29 is 33.7 Å². The molecule has 1 N–H and O–H groups in total. The number of hydrogen-bond acceptors (Lipinski definition) is 8. The number of amides is 2. The lowest BCUT2D eigenvalue weighted by atomic mass is 9.89. The molecule has 36 heavy (non-hydrogen) atoms. The van der Waals surface area contributed by atoms with E-state index in [-0.39, 0.29) is 36.7 Å². The lowest BCUT2D eigenvalue weighted by molar-refractivity contribution is -0.140. The molecule has 2 heterocycles. The molecule has 3 fully saturated rings. The van der Waals surface area contributed by atoms with E-state index in [1.165, 1.54) is 12.0 Å². The van der Waals surface area contributed by atoms with E-state index in [1.807, 2.05) is 30.3 Å². The minimum absolute atomic E-state index is 0.0705. The van der Waals surface area contributed by atoms with Crippen molar-refractivity contribution >= 4 is 18.2 Å². The molecule has 2 saturated heterocycles. The number of β-amino-alcohol motifs (C(OH)–C–C–N with tert-alkyl or cyclic N) is 1. The van der Waals surface area contributed by atoms with Gasteiger partial charge in [-0.3, -0.25) is 14.6 Å². The Labute approximate surface area is 212 Å². The number of aliphatic hydroxyl groups excluding tert-OH is 1. The molecule has 0 unspecified atom stereocenters. The average molecular weight is 504 g/mol. The van der Waals surface area contributed by atoms with Crippen LogP contribution in [0.15, 0.2) is 30.3 Å². The van der Waals surface area contributed by atoms with Gasteiger partial charge in [-0.05, 0) is 50.1 Å². The Morgan fingerprint density at radius 2 is 1.86 bits per heavy atom. The van der Waals surface area contributed by atoms with Crippen LogP contribution in [0.2, 0.25) is 0 Å². The number of ether oxygens (including phenoxy) is 3. The van der Waals surface area contributed by atoms with Gasteiger partial charge in [-0.1, -0.05) is 30.3 Å². The van der Waals surface area contributed by atoms with E-state index in [4.69, 9.17) is 9.47 Å². The highest BCUT2D eigenvalue weighted by atomic mass is 16.7. The van der Waals surface area contributed by atoms with Crippen molar-refractivity contribution in [3.05, 3.63) is 35.9 Å². The summed E-state index contributed by atoms with van der Waals surface area (Å²) in [6.45, 7) is 4.59. The SMILES string of the molecule is COC(=O)OC[C@H](CCN1CCN(C(=O)OCc2ccccc2)[C@@H](C)C1=O)N1CCC2(CC2)[C@H](O)C1. The molecule has 1 aromatic rings. The van der Waals surface area contributed by atoms with Gasteiger partial charge in [0.15, 0.2) is 0 Å². The maximum atomic E-state index is 13.1.